The molecule has 108 valence electrons. The van der Waals surface area contributed by atoms with E-state index in [4.69, 9.17) is 16.3 Å². The molecule has 0 spiro atoms. The lowest BCUT2D eigenvalue weighted by atomic mass is 10.0. The molecule has 0 fully saturated rings. The standard InChI is InChI=1S/C16H13ClINO2/c17-15(11-3-1-2-4-13(11)18)10-5-6-14-12(9-10)16(20)19-7-8-21-14/h1-6,9,15H,7-8H2,(H,19,20). The quantitative estimate of drug-likeness (QED) is 0.602. The fraction of sp³-hybridized carbons (Fsp3) is 0.188. The minimum atomic E-state index is -0.292. The van der Waals surface area contributed by atoms with Gasteiger partial charge in [0.15, 0.2) is 0 Å². The van der Waals surface area contributed by atoms with E-state index >= 15 is 0 Å². The van der Waals surface area contributed by atoms with Gasteiger partial charge in [0.25, 0.3) is 5.91 Å². The van der Waals surface area contributed by atoms with Crippen LogP contribution in [-0.2, 0) is 0 Å². The summed E-state index contributed by atoms with van der Waals surface area (Å²) in [7, 11) is 0. The van der Waals surface area contributed by atoms with Gasteiger partial charge in [0.2, 0.25) is 0 Å². The average Bonchev–Trinajstić information content (AvgIpc) is 2.69. The van der Waals surface area contributed by atoms with Gasteiger partial charge in [-0.05, 0) is 51.9 Å². The minimum absolute atomic E-state index is 0.115. The Kier molecular flexibility index (Phi) is 4.35. The summed E-state index contributed by atoms with van der Waals surface area (Å²) in [5, 5.41) is 2.52. The molecule has 1 N–H and O–H groups in total. The van der Waals surface area contributed by atoms with Crippen molar-refractivity contribution in [2.24, 2.45) is 0 Å². The van der Waals surface area contributed by atoms with Crippen LogP contribution in [0.1, 0.15) is 26.9 Å². The van der Waals surface area contributed by atoms with Crippen molar-refractivity contribution in [1.29, 1.82) is 0 Å². The molecular weight excluding hydrogens is 401 g/mol. The van der Waals surface area contributed by atoms with Crippen LogP contribution in [-0.4, -0.2) is 19.1 Å². The van der Waals surface area contributed by atoms with Gasteiger partial charge >= 0.3 is 0 Å². The third kappa shape index (κ3) is 3.01. The van der Waals surface area contributed by atoms with Crippen molar-refractivity contribution in [2.75, 3.05) is 13.2 Å². The van der Waals surface area contributed by atoms with Gasteiger partial charge in [0.1, 0.15) is 12.4 Å². The lowest BCUT2D eigenvalue weighted by Gasteiger charge is -2.14. The monoisotopic (exact) mass is 413 g/mol. The summed E-state index contributed by atoms with van der Waals surface area (Å²) in [6, 6.07) is 13.5. The Bertz CT molecular complexity index is 690. The zero-order valence-corrected chi connectivity index (χ0v) is 14.0. The van der Waals surface area contributed by atoms with E-state index in [2.05, 4.69) is 27.9 Å². The van der Waals surface area contributed by atoms with Crippen LogP contribution in [0.4, 0.5) is 0 Å². The van der Waals surface area contributed by atoms with Crippen molar-refractivity contribution >= 4 is 40.1 Å². The number of amides is 1. The maximum Gasteiger partial charge on any atom is 0.255 e. The number of carbonyl (C=O) groups excluding carboxylic acids is 1. The molecule has 0 aliphatic carbocycles. The van der Waals surface area contributed by atoms with Crippen molar-refractivity contribution in [2.45, 2.75) is 5.38 Å². The molecule has 1 heterocycles. The van der Waals surface area contributed by atoms with Gasteiger partial charge in [-0.25, -0.2) is 0 Å². The molecule has 1 aliphatic rings. The van der Waals surface area contributed by atoms with Gasteiger partial charge in [-0.15, -0.1) is 11.6 Å². The Hall–Kier alpha value is -1.27. The summed E-state index contributed by atoms with van der Waals surface area (Å²) >= 11 is 8.86. The fourth-order valence-corrected chi connectivity index (χ4v) is 3.50. The molecule has 0 bridgehead atoms. The average molecular weight is 414 g/mol. The van der Waals surface area contributed by atoms with Crippen LogP contribution < -0.4 is 10.1 Å². The number of benzene rings is 2. The molecule has 1 unspecified atom stereocenters. The third-order valence-corrected chi connectivity index (χ3v) is 4.83. The maximum absolute atomic E-state index is 12.0. The molecule has 1 atom stereocenters. The molecule has 0 saturated carbocycles. The summed E-state index contributed by atoms with van der Waals surface area (Å²) in [5.41, 5.74) is 2.47. The number of alkyl halides is 1. The van der Waals surface area contributed by atoms with Crippen molar-refractivity contribution in [3.8, 4) is 5.75 Å². The predicted octanol–water partition coefficient (Wildman–Crippen LogP) is 3.74. The first-order valence-corrected chi connectivity index (χ1v) is 8.12. The number of hydrogen-bond acceptors (Lipinski definition) is 2. The fourth-order valence-electron chi connectivity index (χ4n) is 2.29. The zero-order valence-electron chi connectivity index (χ0n) is 11.1. The van der Waals surface area contributed by atoms with E-state index in [9.17, 15) is 4.79 Å². The highest BCUT2D eigenvalue weighted by atomic mass is 127. The molecule has 2 aromatic carbocycles. The second kappa shape index (κ2) is 6.23. The second-order valence-electron chi connectivity index (χ2n) is 4.74. The Morgan fingerprint density at radius 1 is 1.24 bits per heavy atom. The first kappa shape index (κ1) is 14.7. The molecule has 2 aromatic rings. The Balaban J connectivity index is 2.00. The zero-order chi connectivity index (χ0) is 14.8. The highest BCUT2D eigenvalue weighted by molar-refractivity contribution is 14.1. The van der Waals surface area contributed by atoms with Gasteiger partial charge in [-0.3, -0.25) is 4.79 Å². The summed E-state index contributed by atoms with van der Waals surface area (Å²) in [5.74, 6) is 0.497. The maximum atomic E-state index is 12.0. The Labute approximate surface area is 141 Å². The molecule has 1 amide bonds. The molecule has 3 rings (SSSR count). The number of rotatable bonds is 2. The van der Waals surface area contributed by atoms with Crippen LogP contribution >= 0.6 is 34.2 Å². The molecule has 0 aromatic heterocycles. The van der Waals surface area contributed by atoms with Crippen LogP contribution in [0.3, 0.4) is 0 Å². The number of halogens is 2. The molecular formula is C16H13ClINO2. The lowest BCUT2D eigenvalue weighted by Crippen LogP contribution is -2.24. The summed E-state index contributed by atoms with van der Waals surface area (Å²) in [6.45, 7) is 1.00. The van der Waals surface area contributed by atoms with Crippen molar-refractivity contribution in [1.82, 2.24) is 5.32 Å². The van der Waals surface area contributed by atoms with E-state index in [1.54, 1.807) is 0 Å². The molecule has 1 aliphatic heterocycles. The Morgan fingerprint density at radius 3 is 2.86 bits per heavy atom. The smallest absolute Gasteiger partial charge is 0.255 e. The van der Waals surface area contributed by atoms with Crippen LogP contribution in [0.15, 0.2) is 42.5 Å². The van der Waals surface area contributed by atoms with Gasteiger partial charge in [0, 0.05) is 3.57 Å². The third-order valence-electron chi connectivity index (χ3n) is 3.36. The summed E-state index contributed by atoms with van der Waals surface area (Å²) in [6.07, 6.45) is 0. The molecule has 0 radical (unpaired) electrons. The topological polar surface area (TPSA) is 38.3 Å². The lowest BCUT2D eigenvalue weighted by molar-refractivity contribution is 0.0957. The van der Waals surface area contributed by atoms with E-state index in [-0.39, 0.29) is 11.3 Å². The Morgan fingerprint density at radius 2 is 2.05 bits per heavy atom. The molecule has 3 nitrogen and oxygen atoms in total. The van der Waals surface area contributed by atoms with Gasteiger partial charge in [0.05, 0.1) is 17.5 Å². The van der Waals surface area contributed by atoms with Gasteiger partial charge in [-0.1, -0.05) is 24.3 Å². The van der Waals surface area contributed by atoms with Crippen LogP contribution in [0.5, 0.6) is 5.75 Å². The molecule has 21 heavy (non-hydrogen) atoms. The van der Waals surface area contributed by atoms with E-state index < -0.39 is 0 Å². The van der Waals surface area contributed by atoms with E-state index in [1.165, 1.54) is 0 Å². The number of fused-ring (bicyclic) bond motifs is 1. The van der Waals surface area contributed by atoms with E-state index in [0.29, 0.717) is 24.5 Å². The number of ether oxygens (including phenoxy) is 1. The number of carbonyl (C=O) groups is 1. The van der Waals surface area contributed by atoms with Gasteiger partial charge < -0.3 is 10.1 Å². The van der Waals surface area contributed by atoms with Crippen molar-refractivity contribution in [3.63, 3.8) is 0 Å². The minimum Gasteiger partial charge on any atom is -0.491 e. The van der Waals surface area contributed by atoms with Crippen molar-refractivity contribution in [3.05, 3.63) is 62.7 Å². The normalized spacial score (nSPS) is 15.4. The highest BCUT2D eigenvalue weighted by Gasteiger charge is 2.20. The molecule has 0 saturated heterocycles. The number of hydrogen-bond donors (Lipinski definition) is 1. The first-order valence-electron chi connectivity index (χ1n) is 6.60. The highest BCUT2D eigenvalue weighted by Crippen LogP contribution is 2.34. The second-order valence-corrected chi connectivity index (χ2v) is 6.34. The van der Waals surface area contributed by atoms with Gasteiger partial charge in [-0.2, -0.15) is 0 Å². The van der Waals surface area contributed by atoms with E-state index in [1.807, 2.05) is 42.5 Å². The number of nitrogens with one attached hydrogen (secondary N) is 1. The van der Waals surface area contributed by atoms with Crippen molar-refractivity contribution < 1.29 is 9.53 Å². The summed E-state index contributed by atoms with van der Waals surface area (Å²) < 4.78 is 6.66. The first-order chi connectivity index (χ1) is 10.2. The van der Waals surface area contributed by atoms with E-state index in [0.717, 1.165) is 14.7 Å². The van der Waals surface area contributed by atoms with Crippen LogP contribution in [0.25, 0.3) is 0 Å². The predicted molar refractivity (Wildman–Crippen MR) is 91.1 cm³/mol. The molecule has 5 heteroatoms. The SMILES string of the molecule is O=C1NCCOc2ccc(C(Cl)c3ccccc3I)cc21. The van der Waals surface area contributed by atoms with Crippen LogP contribution in [0, 0.1) is 3.57 Å². The van der Waals surface area contributed by atoms with Crippen LogP contribution in [0.2, 0.25) is 0 Å². The summed E-state index contributed by atoms with van der Waals surface area (Å²) in [4.78, 5) is 12.0. The largest absolute Gasteiger partial charge is 0.491 e.